The standard InChI is InChI=1S/C15H21N5O/c1-2-4-13-17-14(19-16)9-15(18-13)20(11-6-7-11)10-12-5-3-8-21-12/h3,5,8-9,11H,2,4,6-7,10,16H2,1H3,(H,17,18,19). The zero-order chi connectivity index (χ0) is 14.7. The summed E-state index contributed by atoms with van der Waals surface area (Å²) >= 11 is 0. The Labute approximate surface area is 124 Å². The summed E-state index contributed by atoms with van der Waals surface area (Å²) in [7, 11) is 0. The fourth-order valence-electron chi connectivity index (χ4n) is 2.39. The lowest BCUT2D eigenvalue weighted by Gasteiger charge is -2.23. The summed E-state index contributed by atoms with van der Waals surface area (Å²) in [6.07, 6.45) is 5.95. The maximum atomic E-state index is 5.53. The molecule has 0 aliphatic heterocycles. The molecule has 2 heterocycles. The first-order valence-corrected chi connectivity index (χ1v) is 7.43. The van der Waals surface area contributed by atoms with E-state index in [0.29, 0.717) is 11.9 Å². The molecule has 21 heavy (non-hydrogen) atoms. The Bertz CT molecular complexity index is 580. The van der Waals surface area contributed by atoms with Gasteiger partial charge in [0.1, 0.15) is 23.2 Å². The molecule has 1 fully saturated rings. The molecule has 2 aromatic rings. The van der Waals surface area contributed by atoms with Gasteiger partial charge in [-0.1, -0.05) is 6.92 Å². The number of nitrogens with one attached hydrogen (secondary N) is 1. The van der Waals surface area contributed by atoms with Gasteiger partial charge in [0.2, 0.25) is 0 Å². The molecule has 0 amide bonds. The van der Waals surface area contributed by atoms with Gasteiger partial charge in [0.05, 0.1) is 12.8 Å². The molecule has 6 nitrogen and oxygen atoms in total. The molecule has 2 aromatic heterocycles. The number of aryl methyl sites for hydroxylation is 1. The zero-order valence-electron chi connectivity index (χ0n) is 12.2. The van der Waals surface area contributed by atoms with Crippen molar-refractivity contribution in [2.45, 2.75) is 45.2 Å². The first kappa shape index (κ1) is 13.9. The monoisotopic (exact) mass is 287 g/mol. The molecular weight excluding hydrogens is 266 g/mol. The minimum absolute atomic E-state index is 0.533. The molecular formula is C15H21N5O. The van der Waals surface area contributed by atoms with Gasteiger partial charge in [-0.3, -0.25) is 0 Å². The minimum Gasteiger partial charge on any atom is -0.467 e. The summed E-state index contributed by atoms with van der Waals surface area (Å²) in [6.45, 7) is 2.84. The number of nitrogen functional groups attached to an aromatic ring is 1. The Morgan fingerprint density at radius 3 is 2.90 bits per heavy atom. The molecule has 1 saturated carbocycles. The predicted molar refractivity (Wildman–Crippen MR) is 81.8 cm³/mol. The van der Waals surface area contributed by atoms with Crippen LogP contribution in [0.5, 0.6) is 0 Å². The number of anilines is 2. The van der Waals surface area contributed by atoms with E-state index in [1.54, 1.807) is 6.26 Å². The highest BCUT2D eigenvalue weighted by Gasteiger charge is 2.31. The van der Waals surface area contributed by atoms with Crippen LogP contribution in [0.15, 0.2) is 28.9 Å². The maximum Gasteiger partial charge on any atom is 0.145 e. The Kier molecular flexibility index (Phi) is 4.06. The summed E-state index contributed by atoms with van der Waals surface area (Å²) in [5, 5.41) is 0. The lowest BCUT2D eigenvalue weighted by molar-refractivity contribution is 0.500. The van der Waals surface area contributed by atoms with Crippen LogP contribution in [0.25, 0.3) is 0 Å². The van der Waals surface area contributed by atoms with Gasteiger partial charge in [-0.2, -0.15) is 0 Å². The van der Waals surface area contributed by atoms with Crippen molar-refractivity contribution < 1.29 is 4.42 Å². The molecule has 3 N–H and O–H groups in total. The first-order valence-electron chi connectivity index (χ1n) is 7.43. The van der Waals surface area contributed by atoms with E-state index in [4.69, 9.17) is 15.2 Å². The smallest absolute Gasteiger partial charge is 0.145 e. The number of rotatable bonds is 7. The molecule has 0 bridgehead atoms. The van der Waals surface area contributed by atoms with E-state index in [2.05, 4.69) is 22.2 Å². The van der Waals surface area contributed by atoms with Gasteiger partial charge in [0.15, 0.2) is 0 Å². The molecule has 3 rings (SSSR count). The van der Waals surface area contributed by atoms with E-state index < -0.39 is 0 Å². The van der Waals surface area contributed by atoms with E-state index >= 15 is 0 Å². The highest BCUT2D eigenvalue weighted by atomic mass is 16.3. The number of hydrogen-bond acceptors (Lipinski definition) is 6. The fourth-order valence-corrected chi connectivity index (χ4v) is 2.39. The second kappa shape index (κ2) is 6.13. The van der Waals surface area contributed by atoms with Crippen LogP contribution in [0, 0.1) is 0 Å². The summed E-state index contributed by atoms with van der Waals surface area (Å²) in [4.78, 5) is 11.4. The highest BCUT2D eigenvalue weighted by Crippen LogP contribution is 2.33. The molecule has 1 aliphatic carbocycles. The highest BCUT2D eigenvalue weighted by molar-refractivity contribution is 5.50. The number of hydrogen-bond donors (Lipinski definition) is 2. The van der Waals surface area contributed by atoms with Crippen molar-refractivity contribution in [1.82, 2.24) is 9.97 Å². The number of aromatic nitrogens is 2. The van der Waals surface area contributed by atoms with Crippen LogP contribution in [0.4, 0.5) is 11.6 Å². The summed E-state index contributed by atoms with van der Waals surface area (Å²) in [5.74, 6) is 8.88. The predicted octanol–water partition coefficient (Wildman–Crippen LogP) is 2.48. The molecule has 0 radical (unpaired) electrons. The maximum absolute atomic E-state index is 5.53. The average Bonchev–Trinajstić information content (AvgIpc) is 3.21. The summed E-state index contributed by atoms with van der Waals surface area (Å²) in [6, 6.07) is 6.34. The van der Waals surface area contributed by atoms with Gasteiger partial charge in [-0.25, -0.2) is 15.8 Å². The second-order valence-corrected chi connectivity index (χ2v) is 5.36. The Balaban J connectivity index is 1.88. The van der Waals surface area contributed by atoms with Crippen molar-refractivity contribution in [1.29, 1.82) is 0 Å². The van der Waals surface area contributed by atoms with Crippen LogP contribution in [0.2, 0.25) is 0 Å². The Morgan fingerprint density at radius 1 is 1.43 bits per heavy atom. The van der Waals surface area contributed by atoms with Crippen molar-refractivity contribution in [3.05, 3.63) is 36.0 Å². The van der Waals surface area contributed by atoms with Crippen LogP contribution in [0.1, 0.15) is 37.8 Å². The molecule has 0 spiro atoms. The van der Waals surface area contributed by atoms with E-state index in [1.807, 2.05) is 18.2 Å². The summed E-state index contributed by atoms with van der Waals surface area (Å²) < 4.78 is 5.47. The van der Waals surface area contributed by atoms with Crippen molar-refractivity contribution >= 4 is 11.6 Å². The first-order chi connectivity index (χ1) is 10.3. The van der Waals surface area contributed by atoms with E-state index in [-0.39, 0.29) is 0 Å². The Morgan fingerprint density at radius 2 is 2.29 bits per heavy atom. The van der Waals surface area contributed by atoms with Gasteiger partial charge in [0.25, 0.3) is 0 Å². The number of hydrazine groups is 1. The normalized spacial score (nSPS) is 14.2. The van der Waals surface area contributed by atoms with Gasteiger partial charge < -0.3 is 14.7 Å². The molecule has 0 saturated heterocycles. The quantitative estimate of drug-likeness (QED) is 0.601. The molecule has 0 aromatic carbocycles. The lowest BCUT2D eigenvalue weighted by atomic mass is 10.3. The SMILES string of the molecule is CCCc1nc(NN)cc(N(Cc2ccco2)C2CC2)n1. The van der Waals surface area contributed by atoms with E-state index in [9.17, 15) is 0 Å². The Hall–Kier alpha value is -2.08. The van der Waals surface area contributed by atoms with E-state index in [1.165, 1.54) is 12.8 Å². The van der Waals surface area contributed by atoms with Crippen LogP contribution in [-0.4, -0.2) is 16.0 Å². The third kappa shape index (κ3) is 3.33. The van der Waals surface area contributed by atoms with Crippen molar-refractivity contribution in [2.75, 3.05) is 10.3 Å². The molecule has 0 atom stereocenters. The van der Waals surface area contributed by atoms with Crippen molar-refractivity contribution in [3.8, 4) is 0 Å². The second-order valence-electron chi connectivity index (χ2n) is 5.36. The van der Waals surface area contributed by atoms with Gasteiger partial charge >= 0.3 is 0 Å². The van der Waals surface area contributed by atoms with Crippen LogP contribution >= 0.6 is 0 Å². The van der Waals surface area contributed by atoms with Crippen molar-refractivity contribution in [2.24, 2.45) is 5.84 Å². The summed E-state index contributed by atoms with van der Waals surface area (Å²) in [5.41, 5.74) is 2.64. The fraction of sp³-hybridized carbons (Fsp3) is 0.467. The van der Waals surface area contributed by atoms with Gasteiger partial charge in [0, 0.05) is 18.5 Å². The molecule has 6 heteroatoms. The molecule has 0 unspecified atom stereocenters. The third-order valence-electron chi connectivity index (χ3n) is 3.57. The molecule has 1 aliphatic rings. The minimum atomic E-state index is 0.533. The topological polar surface area (TPSA) is 80.2 Å². The van der Waals surface area contributed by atoms with Crippen molar-refractivity contribution in [3.63, 3.8) is 0 Å². The largest absolute Gasteiger partial charge is 0.467 e. The molecule has 112 valence electrons. The number of furan rings is 1. The average molecular weight is 287 g/mol. The third-order valence-corrected chi connectivity index (χ3v) is 3.57. The zero-order valence-corrected chi connectivity index (χ0v) is 12.2. The number of nitrogens with zero attached hydrogens (tertiary/aromatic N) is 3. The van der Waals surface area contributed by atoms with E-state index in [0.717, 1.165) is 36.8 Å². The van der Waals surface area contributed by atoms with Crippen LogP contribution in [-0.2, 0) is 13.0 Å². The number of nitrogens with two attached hydrogens (primary N) is 1. The van der Waals surface area contributed by atoms with Crippen LogP contribution < -0.4 is 16.2 Å². The van der Waals surface area contributed by atoms with Crippen LogP contribution in [0.3, 0.4) is 0 Å². The van der Waals surface area contributed by atoms with Gasteiger partial charge in [-0.05, 0) is 31.4 Å². The van der Waals surface area contributed by atoms with Gasteiger partial charge in [-0.15, -0.1) is 0 Å². The lowest BCUT2D eigenvalue weighted by Crippen LogP contribution is -2.26.